The van der Waals surface area contributed by atoms with Crippen molar-refractivity contribution in [3.8, 4) is 11.4 Å². The van der Waals surface area contributed by atoms with Crippen molar-refractivity contribution in [2.24, 2.45) is 5.92 Å². The molecule has 1 heterocycles. The number of hydrogen-bond acceptors (Lipinski definition) is 4. The van der Waals surface area contributed by atoms with E-state index in [1.54, 1.807) is 0 Å². The third-order valence-corrected chi connectivity index (χ3v) is 3.54. The second-order valence-corrected chi connectivity index (χ2v) is 5.16. The number of benzene rings is 1. The van der Waals surface area contributed by atoms with E-state index in [-0.39, 0.29) is 0 Å². The Balaban J connectivity index is 2.03. The summed E-state index contributed by atoms with van der Waals surface area (Å²) in [7, 11) is 0. The molecule has 1 aliphatic carbocycles. The SMILES string of the molecule is Cc1cc(N)cc(-c2nnnn2C(C)C2CC2)c1. The Labute approximate surface area is 106 Å². The van der Waals surface area contributed by atoms with Crippen LogP contribution < -0.4 is 5.73 Å². The molecule has 0 spiro atoms. The fourth-order valence-electron chi connectivity index (χ4n) is 2.38. The Kier molecular flexibility index (Phi) is 2.54. The second-order valence-electron chi connectivity index (χ2n) is 5.16. The van der Waals surface area contributed by atoms with Crippen molar-refractivity contribution in [2.75, 3.05) is 5.73 Å². The van der Waals surface area contributed by atoms with Crippen LogP contribution in [0.5, 0.6) is 0 Å². The Morgan fingerprint density at radius 3 is 2.78 bits per heavy atom. The lowest BCUT2D eigenvalue weighted by molar-refractivity contribution is 0.433. The molecule has 0 bridgehead atoms. The molecule has 5 nitrogen and oxygen atoms in total. The van der Waals surface area contributed by atoms with Gasteiger partial charge in [-0.05, 0) is 66.8 Å². The summed E-state index contributed by atoms with van der Waals surface area (Å²) in [6, 6.07) is 6.30. The van der Waals surface area contributed by atoms with Gasteiger partial charge in [0.15, 0.2) is 5.82 Å². The van der Waals surface area contributed by atoms with E-state index in [1.807, 2.05) is 23.7 Å². The van der Waals surface area contributed by atoms with Crippen LogP contribution in [0.4, 0.5) is 5.69 Å². The van der Waals surface area contributed by atoms with Crippen LogP contribution >= 0.6 is 0 Å². The van der Waals surface area contributed by atoms with E-state index in [0.717, 1.165) is 28.6 Å². The van der Waals surface area contributed by atoms with E-state index in [1.165, 1.54) is 12.8 Å². The summed E-state index contributed by atoms with van der Waals surface area (Å²) in [5.74, 6) is 1.53. The summed E-state index contributed by atoms with van der Waals surface area (Å²) in [4.78, 5) is 0. The largest absolute Gasteiger partial charge is 0.399 e. The lowest BCUT2D eigenvalue weighted by Crippen LogP contribution is -2.11. The third-order valence-electron chi connectivity index (χ3n) is 3.54. The number of nitrogen functional groups attached to an aromatic ring is 1. The summed E-state index contributed by atoms with van der Waals surface area (Å²) >= 11 is 0. The predicted octanol–water partition coefficient (Wildman–Crippen LogP) is 2.20. The van der Waals surface area contributed by atoms with Gasteiger partial charge in [-0.25, -0.2) is 4.68 Å². The summed E-state index contributed by atoms with van der Waals surface area (Å²) < 4.78 is 1.92. The van der Waals surface area contributed by atoms with Gasteiger partial charge in [0.1, 0.15) is 0 Å². The van der Waals surface area contributed by atoms with Crippen molar-refractivity contribution in [2.45, 2.75) is 32.7 Å². The van der Waals surface area contributed by atoms with Gasteiger partial charge in [0.2, 0.25) is 0 Å². The van der Waals surface area contributed by atoms with Crippen molar-refractivity contribution in [1.29, 1.82) is 0 Å². The zero-order valence-corrected chi connectivity index (χ0v) is 10.7. The van der Waals surface area contributed by atoms with Crippen molar-refractivity contribution >= 4 is 5.69 Å². The number of anilines is 1. The lowest BCUT2D eigenvalue weighted by Gasteiger charge is -2.12. The maximum atomic E-state index is 5.89. The van der Waals surface area contributed by atoms with Crippen LogP contribution in [0.1, 0.15) is 31.4 Å². The predicted molar refractivity (Wildman–Crippen MR) is 69.8 cm³/mol. The maximum Gasteiger partial charge on any atom is 0.182 e. The number of tetrazole rings is 1. The van der Waals surface area contributed by atoms with Gasteiger partial charge in [0.25, 0.3) is 0 Å². The molecule has 0 saturated heterocycles. The fourth-order valence-corrected chi connectivity index (χ4v) is 2.38. The molecular formula is C13H17N5. The highest BCUT2D eigenvalue weighted by molar-refractivity contribution is 5.62. The first-order valence-electron chi connectivity index (χ1n) is 6.30. The molecule has 0 amide bonds. The first kappa shape index (κ1) is 11.2. The highest BCUT2D eigenvalue weighted by atomic mass is 15.5. The molecule has 0 radical (unpaired) electrons. The normalized spacial score (nSPS) is 16.8. The molecule has 94 valence electrons. The molecule has 18 heavy (non-hydrogen) atoms. The summed E-state index contributed by atoms with van der Waals surface area (Å²) in [6.07, 6.45) is 2.55. The van der Waals surface area contributed by atoms with Crippen molar-refractivity contribution in [3.63, 3.8) is 0 Å². The monoisotopic (exact) mass is 243 g/mol. The molecule has 1 aliphatic rings. The number of aryl methyl sites for hydroxylation is 1. The zero-order chi connectivity index (χ0) is 12.7. The lowest BCUT2D eigenvalue weighted by atomic mass is 10.1. The van der Waals surface area contributed by atoms with E-state index >= 15 is 0 Å². The van der Waals surface area contributed by atoms with Crippen LogP contribution in [0.15, 0.2) is 18.2 Å². The quantitative estimate of drug-likeness (QED) is 0.839. The second kappa shape index (κ2) is 4.08. The summed E-state index contributed by atoms with van der Waals surface area (Å²) in [5.41, 5.74) is 8.75. The molecule has 2 N–H and O–H groups in total. The fraction of sp³-hybridized carbons (Fsp3) is 0.462. The molecule has 1 atom stereocenters. The molecule has 5 heteroatoms. The van der Waals surface area contributed by atoms with Gasteiger partial charge in [0.05, 0.1) is 6.04 Å². The first-order valence-corrected chi connectivity index (χ1v) is 6.30. The Morgan fingerprint density at radius 1 is 1.33 bits per heavy atom. The molecule has 0 aliphatic heterocycles. The van der Waals surface area contributed by atoms with Gasteiger partial charge in [-0.1, -0.05) is 0 Å². The van der Waals surface area contributed by atoms with Gasteiger partial charge in [0, 0.05) is 11.3 Å². The van der Waals surface area contributed by atoms with Crippen molar-refractivity contribution in [1.82, 2.24) is 20.2 Å². The number of hydrogen-bond donors (Lipinski definition) is 1. The van der Waals surface area contributed by atoms with Crippen molar-refractivity contribution < 1.29 is 0 Å². The summed E-state index contributed by atoms with van der Waals surface area (Å²) in [5, 5.41) is 12.1. The highest BCUT2D eigenvalue weighted by Gasteiger charge is 2.31. The van der Waals surface area contributed by atoms with E-state index in [4.69, 9.17) is 5.73 Å². The average molecular weight is 243 g/mol. The Bertz CT molecular complexity index is 550. The molecule has 1 aromatic carbocycles. The Morgan fingerprint density at radius 2 is 2.11 bits per heavy atom. The van der Waals surface area contributed by atoms with E-state index in [2.05, 4.69) is 28.5 Å². The van der Waals surface area contributed by atoms with Gasteiger partial charge in [-0.2, -0.15) is 0 Å². The maximum absolute atomic E-state index is 5.89. The van der Waals surface area contributed by atoms with Crippen LogP contribution in [0.25, 0.3) is 11.4 Å². The number of nitrogens with two attached hydrogens (primary N) is 1. The van der Waals surface area contributed by atoms with Gasteiger partial charge < -0.3 is 5.73 Å². The molecule has 2 aromatic rings. The third kappa shape index (κ3) is 1.96. The van der Waals surface area contributed by atoms with Crippen molar-refractivity contribution in [3.05, 3.63) is 23.8 Å². The van der Waals surface area contributed by atoms with E-state index in [9.17, 15) is 0 Å². The van der Waals surface area contributed by atoms with E-state index < -0.39 is 0 Å². The number of aromatic nitrogens is 4. The molecule has 1 unspecified atom stereocenters. The molecule has 1 saturated carbocycles. The minimum atomic E-state index is 0.358. The standard InChI is InChI=1S/C13H17N5/c1-8-5-11(7-12(14)6-8)13-15-16-17-18(13)9(2)10-3-4-10/h5-7,9-10H,3-4,14H2,1-2H3. The molecule has 1 aromatic heterocycles. The number of rotatable bonds is 3. The molecule has 1 fully saturated rings. The summed E-state index contributed by atoms with van der Waals surface area (Å²) in [6.45, 7) is 4.20. The van der Waals surface area contributed by atoms with Crippen LogP contribution in [0.3, 0.4) is 0 Å². The van der Waals surface area contributed by atoms with Crippen LogP contribution in [0.2, 0.25) is 0 Å². The van der Waals surface area contributed by atoms with E-state index in [0.29, 0.717) is 6.04 Å². The van der Waals surface area contributed by atoms with Crippen LogP contribution in [0, 0.1) is 12.8 Å². The average Bonchev–Trinajstić information content (AvgIpc) is 3.04. The van der Waals surface area contributed by atoms with Crippen LogP contribution in [-0.4, -0.2) is 20.2 Å². The van der Waals surface area contributed by atoms with Gasteiger partial charge in [-0.15, -0.1) is 5.10 Å². The Hall–Kier alpha value is -1.91. The first-order chi connectivity index (χ1) is 8.65. The minimum absolute atomic E-state index is 0.358. The van der Waals surface area contributed by atoms with Gasteiger partial charge in [-0.3, -0.25) is 0 Å². The molecule has 3 rings (SSSR count). The van der Waals surface area contributed by atoms with Crippen LogP contribution in [-0.2, 0) is 0 Å². The smallest absolute Gasteiger partial charge is 0.182 e. The zero-order valence-electron chi connectivity index (χ0n) is 10.7. The number of nitrogens with zero attached hydrogens (tertiary/aromatic N) is 4. The molecular weight excluding hydrogens is 226 g/mol. The van der Waals surface area contributed by atoms with Gasteiger partial charge >= 0.3 is 0 Å². The topological polar surface area (TPSA) is 69.6 Å². The highest BCUT2D eigenvalue weighted by Crippen LogP contribution is 2.40. The minimum Gasteiger partial charge on any atom is -0.399 e.